The van der Waals surface area contributed by atoms with Crippen LogP contribution in [0.1, 0.15) is 5.56 Å². The summed E-state index contributed by atoms with van der Waals surface area (Å²) < 4.78 is 33.1. The molecule has 0 spiro atoms. The van der Waals surface area contributed by atoms with Crippen LogP contribution in [0.4, 0.5) is 8.78 Å². The van der Waals surface area contributed by atoms with E-state index in [1.54, 1.807) is 23.4 Å². The summed E-state index contributed by atoms with van der Waals surface area (Å²) in [6.07, 6.45) is 4.89. The molecule has 0 amide bonds. The molecule has 0 saturated carbocycles. The highest BCUT2D eigenvalue weighted by Crippen LogP contribution is 2.17. The highest BCUT2D eigenvalue weighted by Gasteiger charge is 2.08. The smallest absolute Gasteiger partial charge is 0.161 e. The molecule has 3 aromatic rings. The summed E-state index contributed by atoms with van der Waals surface area (Å²) in [5, 5.41) is 3.24. The Balaban J connectivity index is 1.64. The number of nitrogens with one attached hydrogen (secondary N) is 1. The second kappa shape index (κ2) is 5.42. The van der Waals surface area contributed by atoms with E-state index in [2.05, 4.69) is 10.3 Å². The van der Waals surface area contributed by atoms with E-state index < -0.39 is 11.6 Å². The minimum atomic E-state index is -0.874. The number of hydrogen-bond acceptors (Lipinski definition) is 3. The summed E-state index contributed by atoms with van der Waals surface area (Å²) in [5.74, 6) is -1.73. The largest absolute Gasteiger partial charge is 0.472 e. The molecule has 0 aliphatic heterocycles. The van der Waals surface area contributed by atoms with E-state index in [1.165, 1.54) is 6.07 Å². The Morgan fingerprint density at radius 3 is 2.90 bits per heavy atom. The van der Waals surface area contributed by atoms with E-state index >= 15 is 0 Å². The maximum Gasteiger partial charge on any atom is 0.161 e. The van der Waals surface area contributed by atoms with Crippen molar-refractivity contribution in [3.05, 3.63) is 54.3 Å². The van der Waals surface area contributed by atoms with Gasteiger partial charge in [-0.25, -0.2) is 13.8 Å². The molecule has 6 heteroatoms. The Morgan fingerprint density at radius 1 is 1.25 bits per heavy atom. The van der Waals surface area contributed by atoms with Crippen LogP contribution in [0, 0.1) is 11.6 Å². The van der Waals surface area contributed by atoms with Crippen molar-refractivity contribution in [2.45, 2.75) is 13.1 Å². The van der Waals surface area contributed by atoms with Crippen molar-refractivity contribution in [2.24, 2.45) is 0 Å². The van der Waals surface area contributed by atoms with Crippen molar-refractivity contribution in [3.8, 4) is 0 Å². The van der Waals surface area contributed by atoms with Gasteiger partial charge >= 0.3 is 0 Å². The molecule has 20 heavy (non-hydrogen) atoms. The predicted molar refractivity (Wildman–Crippen MR) is 70.1 cm³/mol. The number of nitrogens with zero attached hydrogens (tertiary/aromatic N) is 2. The quantitative estimate of drug-likeness (QED) is 0.729. The maximum absolute atomic E-state index is 13.2. The molecule has 2 heterocycles. The monoisotopic (exact) mass is 277 g/mol. The number of benzene rings is 1. The molecule has 0 aliphatic carbocycles. The van der Waals surface area contributed by atoms with Gasteiger partial charge in [0.2, 0.25) is 0 Å². The van der Waals surface area contributed by atoms with Gasteiger partial charge in [-0.15, -0.1) is 0 Å². The number of halogens is 2. The fourth-order valence-corrected chi connectivity index (χ4v) is 2.06. The van der Waals surface area contributed by atoms with Gasteiger partial charge in [0.25, 0.3) is 0 Å². The average molecular weight is 277 g/mol. The molecule has 3 rings (SSSR count). The summed E-state index contributed by atoms with van der Waals surface area (Å²) >= 11 is 0. The number of rotatable bonds is 5. The van der Waals surface area contributed by atoms with Gasteiger partial charge in [0.05, 0.1) is 29.9 Å². The number of imidazole rings is 1. The van der Waals surface area contributed by atoms with E-state index in [4.69, 9.17) is 4.42 Å². The lowest BCUT2D eigenvalue weighted by Gasteiger charge is -2.05. The summed E-state index contributed by atoms with van der Waals surface area (Å²) in [6, 6.07) is 4.17. The topological polar surface area (TPSA) is 43.0 Å². The van der Waals surface area contributed by atoms with Gasteiger partial charge in [0.15, 0.2) is 11.6 Å². The predicted octanol–water partition coefficient (Wildman–Crippen LogP) is 2.70. The lowest BCUT2D eigenvalue weighted by atomic mass is 10.3. The minimum Gasteiger partial charge on any atom is -0.472 e. The zero-order chi connectivity index (χ0) is 13.9. The summed E-state index contributed by atoms with van der Waals surface area (Å²) in [5.41, 5.74) is 2.11. The van der Waals surface area contributed by atoms with Crippen LogP contribution in [0.25, 0.3) is 11.0 Å². The van der Waals surface area contributed by atoms with Crippen molar-refractivity contribution < 1.29 is 13.2 Å². The van der Waals surface area contributed by atoms with Gasteiger partial charge in [-0.1, -0.05) is 0 Å². The third-order valence-corrected chi connectivity index (χ3v) is 3.10. The molecule has 0 atom stereocenters. The highest BCUT2D eigenvalue weighted by molar-refractivity contribution is 5.75. The van der Waals surface area contributed by atoms with Crippen molar-refractivity contribution in [3.63, 3.8) is 0 Å². The van der Waals surface area contributed by atoms with Gasteiger partial charge in [-0.3, -0.25) is 0 Å². The zero-order valence-electron chi connectivity index (χ0n) is 10.6. The molecule has 1 N–H and O–H groups in total. The van der Waals surface area contributed by atoms with Gasteiger partial charge in [0, 0.05) is 37.3 Å². The van der Waals surface area contributed by atoms with Crippen molar-refractivity contribution in [1.29, 1.82) is 0 Å². The SMILES string of the molecule is Fc1cc2ncn(CCNCc3ccoc3)c2cc1F. The Hall–Kier alpha value is -2.21. The standard InChI is InChI=1S/C14H13F2N3O/c15-11-5-13-14(6-12(11)16)19(9-18-13)3-2-17-7-10-1-4-20-8-10/h1,4-6,8-9,17H,2-3,7H2. The van der Waals surface area contributed by atoms with Gasteiger partial charge < -0.3 is 14.3 Å². The first kappa shape index (κ1) is 12.8. The molecule has 104 valence electrons. The fraction of sp³-hybridized carbons (Fsp3) is 0.214. The molecule has 0 saturated heterocycles. The lowest BCUT2D eigenvalue weighted by molar-refractivity contribution is 0.510. The fourth-order valence-electron chi connectivity index (χ4n) is 2.06. The number of furan rings is 1. The molecule has 1 aromatic carbocycles. The van der Waals surface area contributed by atoms with E-state index in [-0.39, 0.29) is 0 Å². The zero-order valence-corrected chi connectivity index (χ0v) is 10.6. The molecular weight excluding hydrogens is 264 g/mol. The number of fused-ring (bicyclic) bond motifs is 1. The van der Waals surface area contributed by atoms with Crippen LogP contribution in [-0.4, -0.2) is 16.1 Å². The lowest BCUT2D eigenvalue weighted by Crippen LogP contribution is -2.18. The van der Waals surface area contributed by atoms with Gasteiger partial charge in [-0.2, -0.15) is 0 Å². The van der Waals surface area contributed by atoms with Crippen LogP contribution >= 0.6 is 0 Å². The molecule has 4 nitrogen and oxygen atoms in total. The first-order valence-electron chi connectivity index (χ1n) is 6.26. The van der Waals surface area contributed by atoms with Crippen LogP contribution in [-0.2, 0) is 13.1 Å². The number of aromatic nitrogens is 2. The van der Waals surface area contributed by atoms with Gasteiger partial charge in [-0.05, 0) is 6.07 Å². The first-order valence-corrected chi connectivity index (χ1v) is 6.26. The van der Waals surface area contributed by atoms with E-state index in [1.807, 2.05) is 6.07 Å². The molecule has 2 aromatic heterocycles. The third-order valence-electron chi connectivity index (χ3n) is 3.10. The van der Waals surface area contributed by atoms with E-state index in [0.717, 1.165) is 11.6 Å². The molecule has 0 aliphatic rings. The molecule has 0 unspecified atom stereocenters. The molecule has 0 fully saturated rings. The van der Waals surface area contributed by atoms with Crippen LogP contribution in [0.2, 0.25) is 0 Å². The maximum atomic E-state index is 13.2. The summed E-state index contributed by atoms with van der Waals surface area (Å²) in [6.45, 7) is 2.02. The summed E-state index contributed by atoms with van der Waals surface area (Å²) in [7, 11) is 0. The van der Waals surface area contributed by atoms with Crippen LogP contribution < -0.4 is 5.32 Å². The first-order chi connectivity index (χ1) is 9.74. The van der Waals surface area contributed by atoms with Gasteiger partial charge in [0.1, 0.15) is 0 Å². The Labute approximate surface area is 114 Å². The highest BCUT2D eigenvalue weighted by atomic mass is 19.2. The van der Waals surface area contributed by atoms with Crippen LogP contribution in [0.5, 0.6) is 0 Å². The second-order valence-corrected chi connectivity index (χ2v) is 4.50. The normalized spacial score (nSPS) is 11.3. The van der Waals surface area contributed by atoms with E-state index in [0.29, 0.717) is 30.7 Å². The Kier molecular flexibility index (Phi) is 3.47. The van der Waals surface area contributed by atoms with Crippen LogP contribution in [0.3, 0.4) is 0 Å². The van der Waals surface area contributed by atoms with Crippen molar-refractivity contribution >= 4 is 11.0 Å². The molecule has 0 radical (unpaired) electrons. The van der Waals surface area contributed by atoms with Crippen molar-refractivity contribution in [1.82, 2.24) is 14.9 Å². The summed E-state index contributed by atoms with van der Waals surface area (Å²) in [4.78, 5) is 4.06. The van der Waals surface area contributed by atoms with Crippen molar-refractivity contribution in [2.75, 3.05) is 6.54 Å². The van der Waals surface area contributed by atoms with Crippen LogP contribution in [0.15, 0.2) is 41.5 Å². The minimum absolute atomic E-state index is 0.457. The molecular formula is C14H13F2N3O. The Bertz CT molecular complexity index is 707. The number of hydrogen-bond donors (Lipinski definition) is 1. The van der Waals surface area contributed by atoms with E-state index in [9.17, 15) is 8.78 Å². The second-order valence-electron chi connectivity index (χ2n) is 4.50. The average Bonchev–Trinajstić information content (AvgIpc) is 3.06. The molecule has 0 bridgehead atoms. The Morgan fingerprint density at radius 2 is 2.10 bits per heavy atom. The third kappa shape index (κ3) is 2.55.